The van der Waals surface area contributed by atoms with E-state index in [1.807, 2.05) is 6.92 Å². The predicted octanol–water partition coefficient (Wildman–Crippen LogP) is 8.22. The molecule has 0 aromatic heterocycles. The molecule has 1 saturated heterocycles. The summed E-state index contributed by atoms with van der Waals surface area (Å²) in [6, 6.07) is 10.1. The number of halogens is 5. The highest BCUT2D eigenvalue weighted by molar-refractivity contribution is 5.25. The second kappa shape index (κ2) is 11.6. The van der Waals surface area contributed by atoms with E-state index in [4.69, 9.17) is 14.2 Å². The first-order valence-corrected chi connectivity index (χ1v) is 13.7. The van der Waals surface area contributed by atoms with E-state index in [0.29, 0.717) is 44.8 Å². The number of benzene rings is 2. The van der Waals surface area contributed by atoms with Crippen LogP contribution in [0.15, 0.2) is 36.4 Å². The minimum absolute atomic E-state index is 0.0555. The highest BCUT2D eigenvalue weighted by atomic mass is 19.3. The van der Waals surface area contributed by atoms with Gasteiger partial charge in [0.1, 0.15) is 0 Å². The first-order valence-electron chi connectivity index (χ1n) is 13.7. The molecule has 0 N–H and O–H groups in total. The van der Waals surface area contributed by atoms with Crippen molar-refractivity contribution in [2.45, 2.75) is 82.7 Å². The molecule has 0 spiro atoms. The largest absolute Gasteiger partial charge is 0.358 e. The monoisotopic (exact) mass is 538 g/mol. The van der Waals surface area contributed by atoms with Crippen LogP contribution in [-0.4, -0.2) is 25.4 Å². The van der Waals surface area contributed by atoms with Gasteiger partial charge in [-0.25, -0.2) is 13.2 Å². The number of ether oxygens (including phenoxy) is 3. The van der Waals surface area contributed by atoms with Crippen molar-refractivity contribution in [1.29, 1.82) is 0 Å². The summed E-state index contributed by atoms with van der Waals surface area (Å²) < 4.78 is 87.2. The Hall–Kier alpha value is -2.03. The van der Waals surface area contributed by atoms with Gasteiger partial charge in [-0.3, -0.25) is 0 Å². The molecular weight excluding hydrogens is 503 g/mol. The van der Waals surface area contributed by atoms with Gasteiger partial charge in [-0.2, -0.15) is 8.78 Å². The summed E-state index contributed by atoms with van der Waals surface area (Å²) in [5.74, 6) is -4.23. The smallest absolute Gasteiger partial charge is 0.348 e. The molecule has 0 atom stereocenters. The van der Waals surface area contributed by atoms with Crippen LogP contribution in [0.3, 0.4) is 0 Å². The van der Waals surface area contributed by atoms with Crippen LogP contribution < -0.4 is 0 Å². The fraction of sp³-hybridized carbons (Fsp3) is 0.600. The lowest BCUT2D eigenvalue weighted by Gasteiger charge is -2.40. The van der Waals surface area contributed by atoms with Crippen LogP contribution in [0.25, 0.3) is 0 Å². The fourth-order valence-electron chi connectivity index (χ4n) is 6.29. The number of rotatable bonds is 6. The average molecular weight is 539 g/mol. The summed E-state index contributed by atoms with van der Waals surface area (Å²) in [6.07, 6.45) is 0.404. The molecule has 8 heteroatoms. The van der Waals surface area contributed by atoms with Gasteiger partial charge in [-0.1, -0.05) is 29.8 Å². The number of alkyl halides is 2. The topological polar surface area (TPSA) is 27.7 Å². The molecule has 1 aliphatic heterocycles. The Bertz CT molecular complexity index is 1040. The summed E-state index contributed by atoms with van der Waals surface area (Å²) in [6.45, 7) is 2.68. The lowest BCUT2D eigenvalue weighted by atomic mass is 9.77. The zero-order chi connectivity index (χ0) is 26.9. The summed E-state index contributed by atoms with van der Waals surface area (Å²) in [5, 5.41) is 0. The maximum absolute atomic E-state index is 15.1. The zero-order valence-corrected chi connectivity index (χ0v) is 21.6. The standard InChI is InChI=1S/C30H35F5O3/c1-18-2-4-19(5-3-18)20-6-10-24(11-7-20)30(34,35)38-25-12-8-21(9-13-25)23-16-36-29(37-17-23)22-14-26(31)28(33)27(32)15-22/h2-5,14-15,20-21,23-25,29H,6-13,16-17H2,1H3. The number of aryl methyl sites for hydroxylation is 1. The van der Waals surface area contributed by atoms with Crippen molar-refractivity contribution in [3.63, 3.8) is 0 Å². The molecule has 0 unspecified atom stereocenters. The Morgan fingerprint density at radius 2 is 1.32 bits per heavy atom. The molecule has 3 aliphatic rings. The molecule has 3 nitrogen and oxygen atoms in total. The molecule has 38 heavy (non-hydrogen) atoms. The minimum Gasteiger partial charge on any atom is -0.348 e. The molecule has 2 aliphatic carbocycles. The molecule has 0 amide bonds. The molecule has 2 aromatic rings. The minimum atomic E-state index is -3.13. The Labute approximate surface area is 220 Å². The Morgan fingerprint density at radius 1 is 0.737 bits per heavy atom. The van der Waals surface area contributed by atoms with Crippen LogP contribution in [0, 0.1) is 42.1 Å². The molecule has 2 aromatic carbocycles. The van der Waals surface area contributed by atoms with Crippen LogP contribution in [0.4, 0.5) is 22.0 Å². The number of hydrogen-bond donors (Lipinski definition) is 0. The summed E-state index contributed by atoms with van der Waals surface area (Å²) in [4.78, 5) is 0. The second-order valence-corrected chi connectivity index (χ2v) is 11.2. The molecule has 208 valence electrons. The van der Waals surface area contributed by atoms with Gasteiger partial charge in [0, 0.05) is 11.5 Å². The molecular formula is C30H35F5O3. The van der Waals surface area contributed by atoms with Gasteiger partial charge >= 0.3 is 6.11 Å². The third-order valence-electron chi connectivity index (χ3n) is 8.66. The van der Waals surface area contributed by atoms with Crippen molar-refractivity contribution in [2.75, 3.05) is 13.2 Å². The Balaban J connectivity index is 1.06. The predicted molar refractivity (Wildman–Crippen MR) is 132 cm³/mol. The van der Waals surface area contributed by atoms with E-state index >= 15 is 8.78 Å². The first-order chi connectivity index (χ1) is 18.2. The lowest BCUT2D eigenvalue weighted by Crippen LogP contribution is -2.40. The van der Waals surface area contributed by atoms with Crippen molar-refractivity contribution in [1.82, 2.24) is 0 Å². The lowest BCUT2D eigenvalue weighted by molar-refractivity contribution is -0.302. The van der Waals surface area contributed by atoms with Crippen molar-refractivity contribution in [3.8, 4) is 0 Å². The maximum Gasteiger partial charge on any atom is 0.358 e. The third kappa shape index (κ3) is 6.23. The van der Waals surface area contributed by atoms with Gasteiger partial charge in [0.2, 0.25) is 0 Å². The number of hydrogen-bond acceptors (Lipinski definition) is 3. The van der Waals surface area contributed by atoms with Gasteiger partial charge in [0.05, 0.1) is 25.2 Å². The quantitative estimate of drug-likeness (QED) is 0.274. The highest BCUT2D eigenvalue weighted by Crippen LogP contribution is 2.45. The van der Waals surface area contributed by atoms with Crippen molar-refractivity contribution in [2.24, 2.45) is 17.8 Å². The maximum atomic E-state index is 15.1. The van der Waals surface area contributed by atoms with E-state index in [2.05, 4.69) is 24.3 Å². The van der Waals surface area contributed by atoms with Crippen LogP contribution in [-0.2, 0) is 14.2 Å². The van der Waals surface area contributed by atoms with E-state index in [1.54, 1.807) is 0 Å². The van der Waals surface area contributed by atoms with Gasteiger partial charge in [0.15, 0.2) is 23.7 Å². The SMILES string of the molecule is Cc1ccc(C2CCC(C(F)(F)OC3CCC(C4COC(c5cc(F)c(F)c(F)c5)OC4)CC3)CC2)cc1. The zero-order valence-electron chi connectivity index (χ0n) is 21.6. The fourth-order valence-corrected chi connectivity index (χ4v) is 6.29. The van der Waals surface area contributed by atoms with Gasteiger partial charge in [0.25, 0.3) is 0 Å². The van der Waals surface area contributed by atoms with E-state index in [0.717, 1.165) is 37.8 Å². The summed E-state index contributed by atoms with van der Waals surface area (Å²) in [5.41, 5.74) is 2.52. The molecule has 0 bridgehead atoms. The van der Waals surface area contributed by atoms with Crippen molar-refractivity contribution < 1.29 is 36.2 Å². The first kappa shape index (κ1) is 27.5. The van der Waals surface area contributed by atoms with E-state index in [-0.39, 0.29) is 17.4 Å². The molecule has 1 heterocycles. The third-order valence-corrected chi connectivity index (χ3v) is 8.66. The van der Waals surface area contributed by atoms with Gasteiger partial charge in [-0.05, 0) is 87.8 Å². The van der Waals surface area contributed by atoms with Crippen molar-refractivity contribution in [3.05, 3.63) is 70.5 Å². The van der Waals surface area contributed by atoms with Crippen LogP contribution in [0.5, 0.6) is 0 Å². The van der Waals surface area contributed by atoms with E-state index in [9.17, 15) is 13.2 Å². The van der Waals surface area contributed by atoms with Crippen LogP contribution in [0.2, 0.25) is 0 Å². The average Bonchev–Trinajstić information content (AvgIpc) is 2.92. The second-order valence-electron chi connectivity index (χ2n) is 11.2. The van der Waals surface area contributed by atoms with Gasteiger partial charge < -0.3 is 14.2 Å². The van der Waals surface area contributed by atoms with Crippen LogP contribution in [0.1, 0.15) is 80.3 Å². The normalized spacial score (nSPS) is 30.8. The Kier molecular flexibility index (Phi) is 8.41. The Morgan fingerprint density at radius 3 is 1.89 bits per heavy atom. The summed E-state index contributed by atoms with van der Waals surface area (Å²) in [7, 11) is 0. The molecule has 3 fully saturated rings. The van der Waals surface area contributed by atoms with Gasteiger partial charge in [-0.15, -0.1) is 0 Å². The van der Waals surface area contributed by atoms with E-state index < -0.39 is 41.9 Å². The summed E-state index contributed by atoms with van der Waals surface area (Å²) >= 11 is 0. The van der Waals surface area contributed by atoms with E-state index in [1.165, 1.54) is 11.1 Å². The molecule has 0 radical (unpaired) electrons. The highest BCUT2D eigenvalue weighted by Gasteiger charge is 2.45. The molecule has 5 rings (SSSR count). The molecule has 2 saturated carbocycles. The van der Waals surface area contributed by atoms with Crippen LogP contribution >= 0.6 is 0 Å². The van der Waals surface area contributed by atoms with Crippen molar-refractivity contribution >= 4 is 0 Å².